The predicted molar refractivity (Wildman–Crippen MR) is 98.6 cm³/mol. The number of ketones is 1. The van der Waals surface area contributed by atoms with Crippen molar-refractivity contribution in [3.8, 4) is 0 Å². The third-order valence-electron chi connectivity index (χ3n) is 4.17. The molecular weight excluding hydrogens is 367 g/mol. The number of benzene rings is 2. The fourth-order valence-electron chi connectivity index (χ4n) is 2.94. The van der Waals surface area contributed by atoms with Gasteiger partial charge in [0, 0.05) is 23.2 Å². The van der Waals surface area contributed by atoms with E-state index in [-0.39, 0.29) is 16.2 Å². The van der Waals surface area contributed by atoms with Gasteiger partial charge >= 0.3 is 0 Å². The molecule has 0 aliphatic carbocycles. The molecule has 0 amide bonds. The number of aromatic nitrogens is 2. The van der Waals surface area contributed by atoms with Crippen LogP contribution >= 0.6 is 0 Å². The van der Waals surface area contributed by atoms with E-state index >= 15 is 0 Å². The Labute approximate surface area is 154 Å². The number of halogens is 1. The normalized spacial score (nSPS) is 11.6. The van der Waals surface area contributed by atoms with Gasteiger partial charge in [0.25, 0.3) is 10.0 Å². The maximum Gasteiger partial charge on any atom is 0.268 e. The van der Waals surface area contributed by atoms with Crippen LogP contribution in [0.25, 0.3) is 10.9 Å². The van der Waals surface area contributed by atoms with E-state index in [0.717, 1.165) is 10.0 Å². The summed E-state index contributed by atoms with van der Waals surface area (Å²) >= 11 is 0. The molecule has 0 N–H and O–H groups in total. The van der Waals surface area contributed by atoms with Crippen LogP contribution < -0.4 is 0 Å². The molecule has 7 heteroatoms. The summed E-state index contributed by atoms with van der Waals surface area (Å²) in [6.07, 6.45) is 1.17. The second-order valence-electron chi connectivity index (χ2n) is 5.87. The predicted octanol–water partition coefficient (Wildman–Crippen LogP) is 3.64. The Morgan fingerprint density at radius 2 is 1.63 bits per heavy atom. The van der Waals surface area contributed by atoms with Crippen molar-refractivity contribution in [3.05, 3.63) is 96.2 Å². The van der Waals surface area contributed by atoms with Gasteiger partial charge in [0.05, 0.1) is 10.4 Å². The number of pyridine rings is 1. The van der Waals surface area contributed by atoms with Crippen molar-refractivity contribution >= 4 is 26.7 Å². The topological polar surface area (TPSA) is 69.0 Å². The third-order valence-corrected chi connectivity index (χ3v) is 5.91. The summed E-state index contributed by atoms with van der Waals surface area (Å²) in [7, 11) is -4.03. The van der Waals surface area contributed by atoms with Crippen molar-refractivity contribution in [3.63, 3.8) is 0 Å². The average molecular weight is 380 g/mol. The third kappa shape index (κ3) is 2.92. The van der Waals surface area contributed by atoms with E-state index in [0.29, 0.717) is 10.9 Å². The highest BCUT2D eigenvalue weighted by Gasteiger charge is 2.26. The lowest BCUT2D eigenvalue weighted by Gasteiger charge is -2.11. The van der Waals surface area contributed by atoms with Crippen LogP contribution in [0.3, 0.4) is 0 Å². The number of hydrogen-bond donors (Lipinski definition) is 0. The summed E-state index contributed by atoms with van der Waals surface area (Å²) in [4.78, 5) is 16.5. The molecule has 5 nitrogen and oxygen atoms in total. The van der Waals surface area contributed by atoms with Crippen LogP contribution in [0.4, 0.5) is 4.39 Å². The number of nitrogens with zero attached hydrogens (tertiary/aromatic N) is 2. The number of carbonyl (C=O) groups is 1. The van der Waals surface area contributed by atoms with E-state index in [2.05, 4.69) is 4.98 Å². The fourth-order valence-corrected chi connectivity index (χ4v) is 4.47. The van der Waals surface area contributed by atoms with Gasteiger partial charge in [-0.25, -0.2) is 17.4 Å². The number of hydrogen-bond acceptors (Lipinski definition) is 4. The second kappa shape index (κ2) is 6.44. The van der Waals surface area contributed by atoms with Gasteiger partial charge in [-0.05, 0) is 30.3 Å². The van der Waals surface area contributed by atoms with Crippen molar-refractivity contribution in [1.82, 2.24) is 8.96 Å². The van der Waals surface area contributed by atoms with Crippen LogP contribution in [-0.2, 0) is 10.0 Å². The number of carbonyl (C=O) groups excluding carboxylic acids is 1. The standard InChI is InChI=1S/C20H13FN2O3S/c21-19-13-15(10-11-22-19)20(24)18-12-14-6-4-5-9-17(14)23(18)27(25,26)16-7-2-1-3-8-16/h1-13H. The summed E-state index contributed by atoms with van der Waals surface area (Å²) in [6, 6.07) is 18.5. The SMILES string of the molecule is O=C(c1ccnc(F)c1)c1cc2ccccc2n1S(=O)(=O)c1ccccc1. The Bertz CT molecular complexity index is 1260. The van der Waals surface area contributed by atoms with E-state index in [1.165, 1.54) is 30.5 Å². The lowest BCUT2D eigenvalue weighted by Crippen LogP contribution is -2.19. The van der Waals surface area contributed by atoms with E-state index in [9.17, 15) is 17.6 Å². The second-order valence-corrected chi connectivity index (χ2v) is 7.65. The maximum atomic E-state index is 13.5. The summed E-state index contributed by atoms with van der Waals surface area (Å²) in [6.45, 7) is 0. The first kappa shape index (κ1) is 17.1. The molecule has 0 aliphatic heterocycles. The molecule has 4 rings (SSSR count). The minimum absolute atomic E-state index is 0.0230. The minimum atomic E-state index is -4.03. The molecule has 0 saturated carbocycles. The molecule has 2 aromatic carbocycles. The smallest absolute Gasteiger partial charge is 0.268 e. The minimum Gasteiger partial charge on any atom is -0.287 e. The van der Waals surface area contributed by atoms with Crippen LogP contribution in [0.2, 0.25) is 0 Å². The van der Waals surface area contributed by atoms with Crippen molar-refractivity contribution in [2.45, 2.75) is 4.90 Å². The van der Waals surface area contributed by atoms with Crippen LogP contribution in [-0.4, -0.2) is 23.2 Å². The van der Waals surface area contributed by atoms with Gasteiger partial charge in [-0.2, -0.15) is 4.39 Å². The molecule has 2 aromatic heterocycles. The van der Waals surface area contributed by atoms with Crippen LogP contribution in [0, 0.1) is 5.95 Å². The molecule has 4 aromatic rings. The van der Waals surface area contributed by atoms with Crippen LogP contribution in [0.1, 0.15) is 16.1 Å². The van der Waals surface area contributed by atoms with Gasteiger partial charge in [-0.3, -0.25) is 4.79 Å². The molecule has 2 heterocycles. The Morgan fingerprint density at radius 1 is 0.926 bits per heavy atom. The van der Waals surface area contributed by atoms with E-state index in [1.807, 2.05) is 0 Å². The van der Waals surface area contributed by atoms with Crippen LogP contribution in [0.5, 0.6) is 0 Å². The number of rotatable bonds is 4. The fraction of sp³-hybridized carbons (Fsp3) is 0. The maximum absolute atomic E-state index is 13.5. The van der Waals surface area contributed by atoms with Crippen LogP contribution in [0.15, 0.2) is 83.9 Å². The van der Waals surface area contributed by atoms with Crippen molar-refractivity contribution in [1.29, 1.82) is 0 Å². The van der Waals surface area contributed by atoms with Crippen molar-refractivity contribution in [2.24, 2.45) is 0 Å². The molecule has 0 unspecified atom stereocenters. The highest BCUT2D eigenvalue weighted by Crippen LogP contribution is 2.27. The molecule has 0 spiro atoms. The molecule has 0 atom stereocenters. The first-order valence-corrected chi connectivity index (χ1v) is 9.50. The van der Waals surface area contributed by atoms with Gasteiger partial charge < -0.3 is 0 Å². The molecule has 0 fully saturated rings. The molecular formula is C20H13FN2O3S. The molecule has 0 aliphatic rings. The molecule has 0 radical (unpaired) electrons. The Morgan fingerprint density at radius 3 is 2.37 bits per heavy atom. The van der Waals surface area contributed by atoms with Crippen molar-refractivity contribution in [2.75, 3.05) is 0 Å². The lowest BCUT2D eigenvalue weighted by molar-refractivity contribution is 0.103. The van der Waals surface area contributed by atoms with Crippen molar-refractivity contribution < 1.29 is 17.6 Å². The molecule has 0 saturated heterocycles. The summed E-state index contributed by atoms with van der Waals surface area (Å²) in [5, 5.41) is 0.592. The quantitative estimate of drug-likeness (QED) is 0.400. The van der Waals surface area contributed by atoms with E-state index < -0.39 is 21.8 Å². The highest BCUT2D eigenvalue weighted by molar-refractivity contribution is 7.90. The largest absolute Gasteiger partial charge is 0.287 e. The summed E-state index contributed by atoms with van der Waals surface area (Å²) < 4.78 is 41.0. The molecule has 0 bridgehead atoms. The monoisotopic (exact) mass is 380 g/mol. The Hall–Kier alpha value is -3.32. The van der Waals surface area contributed by atoms with E-state index in [1.54, 1.807) is 42.5 Å². The Kier molecular flexibility index (Phi) is 4.08. The summed E-state index contributed by atoms with van der Waals surface area (Å²) in [5.74, 6) is -1.42. The van der Waals surface area contributed by atoms with Gasteiger partial charge in [0.1, 0.15) is 5.69 Å². The first-order valence-electron chi connectivity index (χ1n) is 8.06. The zero-order valence-corrected chi connectivity index (χ0v) is 14.7. The van der Waals surface area contributed by atoms with Gasteiger partial charge in [0.2, 0.25) is 11.7 Å². The highest BCUT2D eigenvalue weighted by atomic mass is 32.2. The summed E-state index contributed by atoms with van der Waals surface area (Å²) in [5.41, 5.74) is 0.333. The van der Waals surface area contributed by atoms with Gasteiger partial charge in [-0.1, -0.05) is 36.4 Å². The lowest BCUT2D eigenvalue weighted by atomic mass is 10.1. The first-order chi connectivity index (χ1) is 13.0. The van der Waals surface area contributed by atoms with Gasteiger partial charge in [0.15, 0.2) is 0 Å². The Balaban J connectivity index is 2.00. The number of fused-ring (bicyclic) bond motifs is 1. The molecule has 27 heavy (non-hydrogen) atoms. The zero-order chi connectivity index (χ0) is 19.0. The van der Waals surface area contributed by atoms with E-state index in [4.69, 9.17) is 0 Å². The van der Waals surface area contributed by atoms with Gasteiger partial charge in [-0.15, -0.1) is 0 Å². The zero-order valence-electron chi connectivity index (χ0n) is 13.9. The molecule has 134 valence electrons. The number of para-hydroxylation sites is 1. The average Bonchev–Trinajstić information content (AvgIpc) is 3.08.